The first-order valence-corrected chi connectivity index (χ1v) is 8.48. The van der Waals surface area contributed by atoms with Crippen LogP contribution in [0.2, 0.25) is 0 Å². The first kappa shape index (κ1) is 17.5. The van der Waals surface area contributed by atoms with Crippen LogP contribution in [0.4, 0.5) is 11.4 Å². The van der Waals surface area contributed by atoms with Crippen LogP contribution in [0.1, 0.15) is 21.5 Å². The minimum atomic E-state index is -0.390. The minimum absolute atomic E-state index is 0.390. The smallest absolute Gasteiger partial charge is 0.340 e. The molecule has 0 aliphatic carbocycles. The average molecular weight is 346 g/mol. The van der Waals surface area contributed by atoms with Gasteiger partial charge in [0.1, 0.15) is 0 Å². The van der Waals surface area contributed by atoms with Crippen LogP contribution in [0.25, 0.3) is 0 Å². The third kappa shape index (κ3) is 4.22. The van der Waals surface area contributed by atoms with Crippen LogP contribution in [0, 0.1) is 0 Å². The average Bonchev–Trinajstić information content (AvgIpc) is 2.68. The van der Waals surface area contributed by atoms with Crippen molar-refractivity contribution in [2.75, 3.05) is 17.7 Å². The van der Waals surface area contributed by atoms with E-state index >= 15 is 0 Å². The van der Waals surface area contributed by atoms with E-state index in [4.69, 9.17) is 10.5 Å². The summed E-state index contributed by atoms with van der Waals surface area (Å²) in [5.41, 5.74) is 10.0. The predicted octanol–water partition coefficient (Wildman–Crippen LogP) is 4.26. The van der Waals surface area contributed by atoms with Crippen molar-refractivity contribution >= 4 is 17.3 Å². The van der Waals surface area contributed by atoms with Crippen molar-refractivity contribution < 1.29 is 9.53 Å². The van der Waals surface area contributed by atoms with E-state index < -0.39 is 5.97 Å². The maximum Gasteiger partial charge on any atom is 0.340 e. The molecule has 4 nitrogen and oxygen atoms in total. The topological polar surface area (TPSA) is 55.6 Å². The lowest BCUT2D eigenvalue weighted by Crippen LogP contribution is -2.24. The fourth-order valence-electron chi connectivity index (χ4n) is 2.94. The number of anilines is 2. The molecule has 0 unspecified atom stereocenters. The van der Waals surface area contributed by atoms with E-state index in [1.807, 2.05) is 48.5 Å². The summed E-state index contributed by atoms with van der Waals surface area (Å²) in [6.45, 7) is 1.34. The molecule has 0 aliphatic heterocycles. The van der Waals surface area contributed by atoms with Crippen LogP contribution >= 0.6 is 0 Å². The van der Waals surface area contributed by atoms with E-state index in [2.05, 4.69) is 29.2 Å². The Labute approximate surface area is 153 Å². The second-order valence-corrected chi connectivity index (χ2v) is 6.10. The van der Waals surface area contributed by atoms with Gasteiger partial charge in [0.15, 0.2) is 0 Å². The lowest BCUT2D eigenvalue weighted by atomic mass is 10.1. The van der Waals surface area contributed by atoms with E-state index in [1.165, 1.54) is 7.11 Å². The predicted molar refractivity (Wildman–Crippen MR) is 105 cm³/mol. The Balaban J connectivity index is 2.01. The molecule has 0 atom stereocenters. The molecule has 132 valence electrons. The van der Waals surface area contributed by atoms with E-state index in [9.17, 15) is 4.79 Å². The Bertz CT molecular complexity index is 822. The molecule has 0 saturated heterocycles. The van der Waals surface area contributed by atoms with Gasteiger partial charge in [0.2, 0.25) is 0 Å². The van der Waals surface area contributed by atoms with Gasteiger partial charge in [-0.25, -0.2) is 4.79 Å². The number of esters is 1. The van der Waals surface area contributed by atoms with E-state index in [-0.39, 0.29) is 0 Å². The first-order chi connectivity index (χ1) is 12.7. The number of methoxy groups -OCH3 is 1. The van der Waals surface area contributed by atoms with Crippen molar-refractivity contribution in [1.29, 1.82) is 0 Å². The van der Waals surface area contributed by atoms with Crippen LogP contribution in [-0.4, -0.2) is 13.1 Å². The van der Waals surface area contributed by atoms with E-state index in [1.54, 1.807) is 6.07 Å². The number of rotatable bonds is 6. The summed E-state index contributed by atoms with van der Waals surface area (Å²) in [5, 5.41) is 0. The highest BCUT2D eigenvalue weighted by molar-refractivity contribution is 5.97. The molecule has 0 aromatic heterocycles. The number of ether oxygens (including phenoxy) is 1. The van der Waals surface area contributed by atoms with Crippen molar-refractivity contribution in [2.45, 2.75) is 13.1 Å². The fraction of sp³-hybridized carbons (Fsp3) is 0.136. The molecule has 0 heterocycles. The normalized spacial score (nSPS) is 10.3. The Kier molecular flexibility index (Phi) is 5.54. The van der Waals surface area contributed by atoms with Crippen LogP contribution in [-0.2, 0) is 17.8 Å². The zero-order valence-corrected chi connectivity index (χ0v) is 14.8. The number of nitrogens with two attached hydrogens (primary N) is 1. The first-order valence-electron chi connectivity index (χ1n) is 8.48. The number of benzene rings is 3. The molecule has 0 bridgehead atoms. The molecule has 3 aromatic rings. The highest BCUT2D eigenvalue weighted by Crippen LogP contribution is 2.27. The molecule has 3 rings (SSSR count). The molecule has 0 fully saturated rings. The quantitative estimate of drug-likeness (QED) is 0.535. The number of carbonyl (C=O) groups is 1. The monoisotopic (exact) mass is 346 g/mol. The highest BCUT2D eigenvalue weighted by atomic mass is 16.5. The molecule has 4 heteroatoms. The number of hydrogen-bond donors (Lipinski definition) is 1. The highest BCUT2D eigenvalue weighted by Gasteiger charge is 2.18. The SMILES string of the molecule is COC(=O)c1cc(N)ccc1N(Cc1ccccc1)Cc1ccccc1. The van der Waals surface area contributed by atoms with Crippen molar-refractivity contribution in [1.82, 2.24) is 0 Å². The van der Waals surface area contributed by atoms with Gasteiger partial charge >= 0.3 is 5.97 Å². The summed E-state index contributed by atoms with van der Waals surface area (Å²) in [5.74, 6) is -0.390. The largest absolute Gasteiger partial charge is 0.465 e. The third-order valence-electron chi connectivity index (χ3n) is 4.20. The summed E-state index contributed by atoms with van der Waals surface area (Å²) in [7, 11) is 1.38. The maximum absolute atomic E-state index is 12.3. The fourth-order valence-corrected chi connectivity index (χ4v) is 2.94. The molecule has 0 amide bonds. The molecular formula is C22H22N2O2. The van der Waals surface area contributed by atoms with Gasteiger partial charge in [-0.3, -0.25) is 0 Å². The van der Waals surface area contributed by atoms with E-state index in [0.29, 0.717) is 24.3 Å². The molecule has 3 aromatic carbocycles. The molecule has 0 spiro atoms. The zero-order valence-electron chi connectivity index (χ0n) is 14.8. The second kappa shape index (κ2) is 8.21. The van der Waals surface area contributed by atoms with Gasteiger partial charge in [-0.15, -0.1) is 0 Å². The van der Waals surface area contributed by atoms with Crippen LogP contribution in [0.3, 0.4) is 0 Å². The zero-order chi connectivity index (χ0) is 18.4. The van der Waals surface area contributed by atoms with Gasteiger partial charge < -0.3 is 15.4 Å². The minimum Gasteiger partial charge on any atom is -0.465 e. The molecule has 0 aliphatic rings. The lowest BCUT2D eigenvalue weighted by Gasteiger charge is -2.27. The van der Waals surface area contributed by atoms with E-state index in [0.717, 1.165) is 16.8 Å². The standard InChI is InChI=1S/C22H22N2O2/c1-26-22(25)20-14-19(23)12-13-21(20)24(15-17-8-4-2-5-9-17)16-18-10-6-3-7-11-18/h2-14H,15-16,23H2,1H3. The summed E-state index contributed by atoms with van der Waals surface area (Å²) >= 11 is 0. The Morgan fingerprint density at radius 1 is 0.885 bits per heavy atom. The van der Waals surface area contributed by atoms with Crippen LogP contribution in [0.15, 0.2) is 78.9 Å². The summed E-state index contributed by atoms with van der Waals surface area (Å²) < 4.78 is 4.96. The molecule has 0 radical (unpaired) electrons. The van der Waals surface area contributed by atoms with Crippen molar-refractivity contribution in [3.05, 3.63) is 95.6 Å². The van der Waals surface area contributed by atoms with Gasteiger partial charge in [0.25, 0.3) is 0 Å². The summed E-state index contributed by atoms with van der Waals surface area (Å²) in [6.07, 6.45) is 0. The summed E-state index contributed by atoms with van der Waals surface area (Å²) in [4.78, 5) is 14.5. The lowest BCUT2D eigenvalue weighted by molar-refractivity contribution is 0.0601. The molecular weight excluding hydrogens is 324 g/mol. The van der Waals surface area contributed by atoms with Crippen molar-refractivity contribution in [2.24, 2.45) is 0 Å². The van der Waals surface area contributed by atoms with Gasteiger partial charge in [0.05, 0.1) is 18.4 Å². The van der Waals surface area contributed by atoms with Crippen molar-refractivity contribution in [3.8, 4) is 0 Å². The Morgan fingerprint density at radius 2 is 1.42 bits per heavy atom. The van der Waals surface area contributed by atoms with Gasteiger partial charge in [-0.1, -0.05) is 60.7 Å². The van der Waals surface area contributed by atoms with Gasteiger partial charge in [0, 0.05) is 18.8 Å². The number of nitrogens with zero attached hydrogens (tertiary/aromatic N) is 1. The second-order valence-electron chi connectivity index (χ2n) is 6.10. The third-order valence-corrected chi connectivity index (χ3v) is 4.20. The van der Waals surface area contributed by atoms with Gasteiger partial charge in [-0.05, 0) is 29.3 Å². The summed E-state index contributed by atoms with van der Waals surface area (Å²) in [6, 6.07) is 25.7. The number of hydrogen-bond acceptors (Lipinski definition) is 4. The van der Waals surface area contributed by atoms with Crippen LogP contribution < -0.4 is 10.6 Å². The molecule has 26 heavy (non-hydrogen) atoms. The molecule has 0 saturated carbocycles. The number of carbonyl (C=O) groups excluding carboxylic acids is 1. The van der Waals surface area contributed by atoms with Crippen molar-refractivity contribution in [3.63, 3.8) is 0 Å². The van der Waals surface area contributed by atoms with Gasteiger partial charge in [-0.2, -0.15) is 0 Å². The van der Waals surface area contributed by atoms with Crippen LogP contribution in [0.5, 0.6) is 0 Å². The Morgan fingerprint density at radius 3 is 1.92 bits per heavy atom. The molecule has 2 N–H and O–H groups in total. The number of nitrogen functional groups attached to an aromatic ring is 1. The maximum atomic E-state index is 12.3. The Hall–Kier alpha value is -3.27.